The minimum Gasteiger partial charge on any atom is -0.304 e. The molecule has 0 bridgehead atoms. The van der Waals surface area contributed by atoms with Gasteiger partial charge in [-0.15, -0.1) is 60.2 Å². The topological polar surface area (TPSA) is 38.7 Å². The van der Waals surface area contributed by atoms with E-state index in [2.05, 4.69) is 101 Å². The molecule has 1 saturated carbocycles. The van der Waals surface area contributed by atoms with Gasteiger partial charge in [-0.3, -0.25) is 17.6 Å². The Labute approximate surface area is 414 Å². The van der Waals surface area contributed by atoms with Crippen LogP contribution in [0.1, 0.15) is 65.8 Å². The third kappa shape index (κ3) is 11.0. The summed E-state index contributed by atoms with van der Waals surface area (Å²) < 4.78 is 56.3. The van der Waals surface area contributed by atoms with Gasteiger partial charge in [0.1, 0.15) is 0 Å². The van der Waals surface area contributed by atoms with Gasteiger partial charge in [0.25, 0.3) is 0 Å². The van der Waals surface area contributed by atoms with Crippen LogP contribution in [-0.4, -0.2) is 15.0 Å². The molecule has 10 rings (SSSR count). The molecule has 8 heteroatoms. The first-order chi connectivity index (χ1) is 33.3. The maximum Gasteiger partial charge on any atom is 3.00 e. The van der Waals surface area contributed by atoms with Gasteiger partial charge < -0.3 is 15.0 Å². The fourth-order valence-electron chi connectivity index (χ4n) is 9.46. The van der Waals surface area contributed by atoms with E-state index in [9.17, 15) is 17.6 Å². The summed E-state index contributed by atoms with van der Waals surface area (Å²) in [6.45, 7) is 0. The first-order valence-electron chi connectivity index (χ1n) is 23.3. The number of hydrogen-bond donors (Lipinski definition) is 0. The van der Waals surface area contributed by atoms with Crippen molar-refractivity contribution in [1.82, 2.24) is 15.0 Å². The Morgan fingerprint density at radius 1 is 0.449 bits per heavy atom. The summed E-state index contributed by atoms with van der Waals surface area (Å²) in [4.78, 5) is 14.1. The Morgan fingerprint density at radius 3 is 1.57 bits per heavy atom. The maximum absolute atomic E-state index is 14.6. The molecule has 0 aliphatic heterocycles. The van der Waals surface area contributed by atoms with Crippen LogP contribution in [0.4, 0.5) is 17.6 Å². The molecule has 0 unspecified atom stereocenters. The van der Waals surface area contributed by atoms with Crippen molar-refractivity contribution in [1.29, 1.82) is 0 Å². The molecule has 3 aromatic heterocycles. The van der Waals surface area contributed by atoms with Crippen LogP contribution in [0.3, 0.4) is 0 Å². The minimum atomic E-state index is -0.706. The molecule has 69 heavy (non-hydrogen) atoms. The van der Waals surface area contributed by atoms with Crippen LogP contribution in [0.2, 0.25) is 0 Å². The zero-order valence-corrected chi connectivity index (χ0v) is 40.1. The third-order valence-electron chi connectivity index (χ3n) is 13.1. The van der Waals surface area contributed by atoms with E-state index in [1.54, 1.807) is 24.5 Å². The van der Waals surface area contributed by atoms with Crippen LogP contribution < -0.4 is 0 Å². The van der Waals surface area contributed by atoms with Crippen LogP contribution in [0.25, 0.3) is 67.2 Å². The van der Waals surface area contributed by atoms with Crippen molar-refractivity contribution >= 4 is 0 Å². The van der Waals surface area contributed by atoms with Crippen molar-refractivity contribution in [3.63, 3.8) is 0 Å². The van der Waals surface area contributed by atoms with Crippen molar-refractivity contribution in [3.05, 3.63) is 233 Å². The van der Waals surface area contributed by atoms with Crippen molar-refractivity contribution < 1.29 is 37.7 Å². The average molecular weight is 1090 g/mol. The standard InChI is InChI=1S/C61H46F4N3.Ir/c62-49-25-27-53(57(64)34-49)59-29-19-40(37-66-59)15-17-42-31-43(18-16-41-20-30-60(67-38-41)54-28-26-50(63)35-58(54)65)33-48(32-42)51-13-7-8-14-52(51)56-39-68-61(47-11-5-2-6-12-47)36-55(56)46-23-21-45(22-24-46)44-9-3-1-4-10-44;/h2,5-8,11,13-14,19-26,29-39,44H,1,3-4,9-10,15-18H2;/q-3;+3. The summed E-state index contributed by atoms with van der Waals surface area (Å²) in [5, 5.41) is 0. The van der Waals surface area contributed by atoms with Crippen molar-refractivity contribution in [2.75, 3.05) is 0 Å². The number of hydrogen-bond acceptors (Lipinski definition) is 3. The van der Waals surface area contributed by atoms with Gasteiger partial charge in [-0.05, 0) is 117 Å². The summed E-state index contributed by atoms with van der Waals surface area (Å²) in [6, 6.07) is 54.6. The van der Waals surface area contributed by atoms with Crippen LogP contribution >= 0.6 is 0 Å². The van der Waals surface area contributed by atoms with E-state index >= 15 is 0 Å². The quantitative estimate of drug-likeness (QED) is 0.0853. The summed E-state index contributed by atoms with van der Waals surface area (Å²) in [5.74, 6) is -2.18. The molecule has 0 spiro atoms. The van der Waals surface area contributed by atoms with Crippen LogP contribution in [-0.2, 0) is 45.8 Å². The van der Waals surface area contributed by atoms with Gasteiger partial charge in [0, 0.05) is 47.4 Å². The molecule has 1 fully saturated rings. The molecule has 0 amide bonds. The van der Waals surface area contributed by atoms with E-state index in [-0.39, 0.29) is 31.2 Å². The molecule has 9 aromatic rings. The number of pyridine rings is 3. The predicted molar refractivity (Wildman–Crippen MR) is 262 cm³/mol. The number of nitrogens with zero attached hydrogens (tertiary/aromatic N) is 3. The van der Waals surface area contributed by atoms with E-state index in [0.29, 0.717) is 43.0 Å². The number of halogens is 4. The van der Waals surface area contributed by atoms with Gasteiger partial charge in [0.2, 0.25) is 0 Å². The summed E-state index contributed by atoms with van der Waals surface area (Å²) in [5.41, 5.74) is 14.9. The first kappa shape index (κ1) is 47.2. The number of rotatable bonds is 13. The van der Waals surface area contributed by atoms with Crippen molar-refractivity contribution in [2.45, 2.75) is 63.7 Å². The predicted octanol–water partition coefficient (Wildman–Crippen LogP) is 15.4. The maximum atomic E-state index is 14.6. The molecule has 0 radical (unpaired) electrons. The van der Waals surface area contributed by atoms with Crippen LogP contribution in [0, 0.1) is 41.5 Å². The Kier molecular flexibility index (Phi) is 14.8. The molecule has 3 heterocycles. The number of aryl methyl sites for hydroxylation is 4. The fourth-order valence-corrected chi connectivity index (χ4v) is 9.46. The molecule has 1 aliphatic rings. The third-order valence-corrected chi connectivity index (χ3v) is 13.1. The SMILES string of the molecule is Fc1c[c-]c(-c2ccc(CCc3cc(CCc4ccc(-c5[c-]cc(F)cc5F)nc4)cc(-c4ccccc4-c4cnc(-c5[c-]cccc5)cc4-c4ccc(C5CCCCC5)cc4)c3)cn2)c(F)c1.[Ir+3]. The second kappa shape index (κ2) is 21.6. The Hall–Kier alpha value is -6.86. The molecule has 3 nitrogen and oxygen atoms in total. The molecular weight excluding hydrogens is 1040 g/mol. The Bertz CT molecular complexity index is 3070. The zero-order chi connectivity index (χ0) is 46.4. The van der Waals surface area contributed by atoms with E-state index in [0.717, 1.165) is 91.2 Å². The zero-order valence-electron chi connectivity index (χ0n) is 37.7. The second-order valence-corrected chi connectivity index (χ2v) is 17.6. The van der Waals surface area contributed by atoms with Gasteiger partial charge in [0.15, 0.2) is 0 Å². The Morgan fingerprint density at radius 2 is 1.01 bits per heavy atom. The van der Waals surface area contributed by atoms with Gasteiger partial charge >= 0.3 is 20.1 Å². The van der Waals surface area contributed by atoms with Gasteiger partial charge in [-0.25, -0.2) is 0 Å². The average Bonchev–Trinajstić information content (AvgIpc) is 3.38. The normalized spacial score (nSPS) is 12.7. The van der Waals surface area contributed by atoms with Gasteiger partial charge in [-0.1, -0.05) is 140 Å². The monoisotopic (exact) mass is 1090 g/mol. The smallest absolute Gasteiger partial charge is 0.304 e. The second-order valence-electron chi connectivity index (χ2n) is 17.6. The molecule has 0 atom stereocenters. The largest absolute Gasteiger partial charge is 3.00 e. The summed E-state index contributed by atoms with van der Waals surface area (Å²) in [6.07, 6.45) is 14.6. The fraction of sp³-hybridized carbons (Fsp3) is 0.164. The van der Waals surface area contributed by atoms with E-state index in [4.69, 9.17) is 4.98 Å². The van der Waals surface area contributed by atoms with Crippen LogP contribution in [0.15, 0.2) is 164 Å². The molecular formula is C61H46F4IrN3. The molecule has 0 N–H and O–H groups in total. The summed E-state index contributed by atoms with van der Waals surface area (Å²) >= 11 is 0. The summed E-state index contributed by atoms with van der Waals surface area (Å²) in [7, 11) is 0. The molecule has 6 aromatic carbocycles. The number of benzene rings is 6. The van der Waals surface area contributed by atoms with Crippen molar-refractivity contribution in [3.8, 4) is 67.2 Å². The van der Waals surface area contributed by atoms with E-state index in [1.165, 1.54) is 37.7 Å². The molecule has 1 aliphatic carbocycles. The first-order valence-corrected chi connectivity index (χ1v) is 23.3. The van der Waals surface area contributed by atoms with Gasteiger partial charge in [-0.2, -0.15) is 0 Å². The van der Waals surface area contributed by atoms with Crippen molar-refractivity contribution in [2.24, 2.45) is 0 Å². The molecule has 342 valence electrons. The number of aromatic nitrogens is 3. The van der Waals surface area contributed by atoms with E-state index < -0.39 is 23.3 Å². The Balaban J connectivity index is 0.00000593. The van der Waals surface area contributed by atoms with Crippen LogP contribution in [0.5, 0.6) is 0 Å². The minimum absolute atomic E-state index is 0. The van der Waals surface area contributed by atoms with E-state index in [1.807, 2.05) is 42.6 Å². The molecule has 0 saturated heterocycles. The van der Waals surface area contributed by atoms with Gasteiger partial charge in [0.05, 0.1) is 0 Å².